The number of rotatable bonds is 0. The van der Waals surface area contributed by atoms with E-state index in [0.717, 1.165) is 29.6 Å². The molecule has 5 aromatic heterocycles. The van der Waals surface area contributed by atoms with Crippen LogP contribution in [0.2, 0.25) is 0 Å². The van der Waals surface area contributed by atoms with Crippen LogP contribution in [0.5, 0.6) is 0 Å². The summed E-state index contributed by atoms with van der Waals surface area (Å²) in [5.41, 5.74) is 4.59. The summed E-state index contributed by atoms with van der Waals surface area (Å²) in [6.07, 6.45) is 15.1. The minimum atomic E-state index is 0.718. The molecular weight excluding hydrogens is 629 g/mol. The SMILES string of the molecule is CC.CC.CC.CC.CC.CC1=CCN=C1.Cc1cc(C)sn1.Cc1cnco1.Cc1cnsc1.Cc1cocn1.Cc1ncco1. The Kier molecular flexibility index (Phi) is 49.9. The van der Waals surface area contributed by atoms with E-state index < -0.39 is 0 Å². The third-order valence-electron chi connectivity index (χ3n) is 3.78. The maximum absolute atomic E-state index is 4.72. The molecule has 1 aliphatic rings. The van der Waals surface area contributed by atoms with Gasteiger partial charge in [0.05, 0.1) is 30.3 Å². The Labute approximate surface area is 295 Å². The minimum Gasteiger partial charge on any atom is -0.452 e. The summed E-state index contributed by atoms with van der Waals surface area (Å²) >= 11 is 3.04. The summed E-state index contributed by atoms with van der Waals surface area (Å²) in [6, 6.07) is 2.07. The number of aliphatic imine (C=N–C) groups is 1. The molecule has 47 heavy (non-hydrogen) atoms. The van der Waals surface area contributed by atoms with Gasteiger partial charge in [0.2, 0.25) is 0 Å². The Morgan fingerprint density at radius 1 is 0.723 bits per heavy atom. The van der Waals surface area contributed by atoms with Gasteiger partial charge in [0.15, 0.2) is 18.7 Å². The van der Waals surface area contributed by atoms with E-state index >= 15 is 0 Å². The third kappa shape index (κ3) is 42.3. The van der Waals surface area contributed by atoms with Gasteiger partial charge in [-0.1, -0.05) is 75.3 Å². The molecule has 0 radical (unpaired) electrons. The Balaban J connectivity index is -0.000000142. The van der Waals surface area contributed by atoms with Gasteiger partial charge in [-0.3, -0.25) is 4.99 Å². The molecule has 0 saturated heterocycles. The van der Waals surface area contributed by atoms with Crippen LogP contribution in [0.25, 0.3) is 0 Å². The van der Waals surface area contributed by atoms with Crippen LogP contribution in [0.1, 0.15) is 110 Å². The van der Waals surface area contributed by atoms with Crippen LogP contribution in [0.15, 0.2) is 85.2 Å². The fourth-order valence-electron chi connectivity index (χ4n) is 2.04. The fraction of sp³-hybridized carbons (Fsp3) is 0.500. The van der Waals surface area contributed by atoms with Gasteiger partial charge in [0.1, 0.15) is 18.3 Å². The number of hydrogen-bond acceptors (Lipinski definition) is 11. The normalized spacial score (nSPS) is 8.91. The summed E-state index contributed by atoms with van der Waals surface area (Å²) in [6.45, 7) is 34.6. The molecule has 0 spiro atoms. The van der Waals surface area contributed by atoms with Crippen molar-refractivity contribution in [2.75, 3.05) is 6.54 Å². The van der Waals surface area contributed by atoms with Crippen LogP contribution in [-0.4, -0.2) is 36.5 Å². The third-order valence-corrected chi connectivity index (χ3v) is 5.27. The van der Waals surface area contributed by atoms with E-state index in [1.807, 2.05) is 115 Å². The Hall–Kier alpha value is -3.70. The van der Waals surface area contributed by atoms with Gasteiger partial charge < -0.3 is 13.3 Å². The number of nitrogens with zero attached hydrogens (tertiary/aromatic N) is 6. The molecule has 9 nitrogen and oxygen atoms in total. The average Bonchev–Trinajstić information content (AvgIpc) is 3.96. The largest absolute Gasteiger partial charge is 0.452 e. The lowest BCUT2D eigenvalue weighted by Gasteiger charge is -1.69. The zero-order valence-electron chi connectivity index (χ0n) is 32.3. The molecule has 6 heterocycles. The average molecular weight is 693 g/mol. The lowest BCUT2D eigenvalue weighted by Crippen LogP contribution is -1.63. The highest BCUT2D eigenvalue weighted by Gasteiger charge is 1.87. The second-order valence-electron chi connectivity index (χ2n) is 7.52. The highest BCUT2D eigenvalue weighted by Crippen LogP contribution is 2.05. The van der Waals surface area contributed by atoms with Crippen LogP contribution in [-0.2, 0) is 0 Å². The van der Waals surface area contributed by atoms with Crippen LogP contribution >= 0.6 is 23.1 Å². The molecule has 268 valence electrons. The Morgan fingerprint density at radius 3 is 1.49 bits per heavy atom. The number of oxazole rings is 3. The number of aromatic nitrogens is 5. The Morgan fingerprint density at radius 2 is 1.36 bits per heavy atom. The zero-order chi connectivity index (χ0) is 37.3. The monoisotopic (exact) mass is 692 g/mol. The Bertz CT molecular complexity index is 1070. The van der Waals surface area contributed by atoms with Crippen molar-refractivity contribution in [3.8, 4) is 0 Å². The lowest BCUT2D eigenvalue weighted by molar-refractivity contribution is 0.521. The molecule has 0 unspecified atom stereocenters. The van der Waals surface area contributed by atoms with Crippen molar-refractivity contribution in [1.29, 1.82) is 0 Å². The van der Waals surface area contributed by atoms with Crippen LogP contribution in [0, 0.1) is 41.5 Å². The zero-order valence-corrected chi connectivity index (χ0v) is 33.9. The maximum atomic E-state index is 4.72. The molecule has 11 heteroatoms. The van der Waals surface area contributed by atoms with Crippen molar-refractivity contribution in [3.63, 3.8) is 0 Å². The molecule has 0 amide bonds. The van der Waals surface area contributed by atoms with Crippen molar-refractivity contribution in [3.05, 3.63) is 100 Å². The summed E-state index contributed by atoms with van der Waals surface area (Å²) in [5.74, 6) is 1.57. The van der Waals surface area contributed by atoms with E-state index in [0.29, 0.717) is 0 Å². The lowest BCUT2D eigenvalue weighted by atomic mass is 10.3. The molecule has 6 rings (SSSR count). The summed E-state index contributed by atoms with van der Waals surface area (Å²) < 4.78 is 22.0. The second kappa shape index (κ2) is 44.4. The fourth-order valence-corrected chi connectivity index (χ4v) is 3.12. The van der Waals surface area contributed by atoms with Crippen LogP contribution in [0.3, 0.4) is 0 Å². The molecule has 1 aliphatic heterocycles. The predicted molar refractivity (Wildman–Crippen MR) is 206 cm³/mol. The first-order chi connectivity index (χ1) is 22.8. The number of hydrogen-bond donors (Lipinski definition) is 0. The van der Waals surface area contributed by atoms with Gasteiger partial charge in [0, 0.05) is 29.6 Å². The van der Waals surface area contributed by atoms with E-state index in [4.69, 9.17) is 8.83 Å². The smallest absolute Gasteiger partial charge is 0.190 e. The van der Waals surface area contributed by atoms with Crippen LogP contribution < -0.4 is 0 Å². The molecule has 0 fully saturated rings. The van der Waals surface area contributed by atoms with Gasteiger partial charge in [-0.25, -0.2) is 19.3 Å². The van der Waals surface area contributed by atoms with Gasteiger partial charge in [-0.2, -0.15) is 4.37 Å². The predicted octanol–water partition coefficient (Wildman–Crippen LogP) is 12.3. The number of allylic oxidation sites excluding steroid dienone is 1. The van der Waals surface area contributed by atoms with E-state index in [1.54, 1.807) is 43.4 Å². The van der Waals surface area contributed by atoms with Crippen LogP contribution in [0.4, 0.5) is 0 Å². The maximum Gasteiger partial charge on any atom is 0.190 e. The van der Waals surface area contributed by atoms with Crippen molar-refractivity contribution < 1.29 is 13.3 Å². The summed E-state index contributed by atoms with van der Waals surface area (Å²) in [5, 5.41) is 2.01. The quantitative estimate of drug-likeness (QED) is 0.157. The first-order valence-electron chi connectivity index (χ1n) is 16.2. The molecule has 5 aromatic rings. The molecular formula is C36H64N6O3S2. The summed E-state index contributed by atoms with van der Waals surface area (Å²) in [7, 11) is 0. The van der Waals surface area contributed by atoms with Crippen molar-refractivity contribution in [1.82, 2.24) is 23.7 Å². The van der Waals surface area contributed by atoms with E-state index in [-0.39, 0.29) is 0 Å². The molecule has 0 atom stereocenters. The standard InChI is InChI=1S/C5H7NS.C5H7N.3C4H5NO.C4H5NS.5C2H6/c1-4-3-5(2)7-6-4;1-5-2-3-6-4-5;1-4-2-6-3-5-4;1-4-2-5-3-6-4;1-4-5-2-3-6-4;1-4-2-5-6-3-4;5*1-2/h3H,1-2H3;2,4H,3H2,1H3;4*2-3H,1H3;5*1-2H3. The van der Waals surface area contributed by atoms with Gasteiger partial charge >= 0.3 is 0 Å². The first kappa shape index (κ1) is 52.8. The summed E-state index contributed by atoms with van der Waals surface area (Å²) in [4.78, 5) is 16.4. The first-order valence-corrected chi connectivity index (χ1v) is 17.9. The molecule has 0 bridgehead atoms. The van der Waals surface area contributed by atoms with Gasteiger partial charge in [-0.05, 0) is 81.8 Å². The van der Waals surface area contributed by atoms with E-state index in [9.17, 15) is 0 Å². The van der Waals surface area contributed by atoms with Crippen molar-refractivity contribution in [2.24, 2.45) is 4.99 Å². The molecule has 0 saturated carbocycles. The van der Waals surface area contributed by atoms with Gasteiger partial charge in [-0.15, -0.1) is 0 Å². The van der Waals surface area contributed by atoms with E-state index in [2.05, 4.69) is 59.1 Å². The molecule has 0 aliphatic carbocycles. The molecule has 0 aromatic carbocycles. The molecule has 0 N–H and O–H groups in total. The highest BCUT2D eigenvalue weighted by molar-refractivity contribution is 7.05. The second-order valence-corrected chi connectivity index (χ2v) is 9.18. The van der Waals surface area contributed by atoms with Gasteiger partial charge in [0.25, 0.3) is 0 Å². The van der Waals surface area contributed by atoms with Crippen molar-refractivity contribution >= 4 is 29.3 Å². The van der Waals surface area contributed by atoms with E-state index in [1.165, 1.54) is 40.3 Å². The minimum absolute atomic E-state index is 0.718. The topological polar surface area (TPSA) is 116 Å². The highest BCUT2D eigenvalue weighted by atomic mass is 32.1. The van der Waals surface area contributed by atoms with Crippen molar-refractivity contribution in [2.45, 2.75) is 118 Å². The number of aryl methyl sites for hydroxylation is 6.